The van der Waals surface area contributed by atoms with Gasteiger partial charge in [0.2, 0.25) is 0 Å². The molecule has 0 saturated heterocycles. The Morgan fingerprint density at radius 1 is 0.625 bits per heavy atom. The van der Waals surface area contributed by atoms with Gasteiger partial charge in [0.25, 0.3) is 0 Å². The van der Waals surface area contributed by atoms with Crippen molar-refractivity contribution >= 4 is 11.4 Å². The molecule has 1 nitrogen and oxygen atoms in total. The Hall–Kier alpha value is -2.15. The van der Waals surface area contributed by atoms with Gasteiger partial charge in [-0.1, -0.05) is 60.7 Å². The second kappa shape index (κ2) is 3.78. The predicted octanol–water partition coefficient (Wildman–Crippen LogP) is 3.53. The van der Waals surface area contributed by atoms with Gasteiger partial charge in [0, 0.05) is 11.1 Å². The molecule has 0 radical (unpaired) electrons. The molecule has 0 aliphatic carbocycles. The second-order valence-corrected chi connectivity index (χ2v) is 3.76. The van der Waals surface area contributed by atoms with Crippen LogP contribution in [0.15, 0.2) is 71.7 Å². The number of hydrogen-bond donors (Lipinski definition) is 0. The molecule has 0 amide bonds. The summed E-state index contributed by atoms with van der Waals surface area (Å²) in [4.78, 5) is 4.54. The SMILES string of the molecule is C1=C(c2ccccc2)N=C1c1ccccc1. The van der Waals surface area contributed by atoms with Gasteiger partial charge >= 0.3 is 0 Å². The van der Waals surface area contributed by atoms with E-state index in [4.69, 9.17) is 0 Å². The molecule has 3 rings (SSSR count). The highest BCUT2D eigenvalue weighted by atomic mass is 14.8. The largest absolute Gasteiger partial charge is 0.248 e. The van der Waals surface area contributed by atoms with Crippen LogP contribution in [0.2, 0.25) is 0 Å². The first-order chi connectivity index (χ1) is 7.93. The number of benzene rings is 2. The van der Waals surface area contributed by atoms with Crippen molar-refractivity contribution in [2.75, 3.05) is 0 Å². The molecule has 0 aromatic heterocycles. The summed E-state index contributed by atoms with van der Waals surface area (Å²) in [6.45, 7) is 0. The number of aliphatic imine (C=N–C) groups is 1. The van der Waals surface area contributed by atoms with Crippen LogP contribution in [0.25, 0.3) is 5.70 Å². The van der Waals surface area contributed by atoms with Crippen molar-refractivity contribution in [2.45, 2.75) is 0 Å². The Bertz CT molecular complexity index is 491. The molecule has 1 aliphatic rings. The molecular formula is C15H11N. The third-order valence-electron chi connectivity index (χ3n) is 2.65. The lowest BCUT2D eigenvalue weighted by atomic mass is 10.0. The van der Waals surface area contributed by atoms with E-state index in [0.29, 0.717) is 0 Å². The van der Waals surface area contributed by atoms with Gasteiger partial charge < -0.3 is 0 Å². The van der Waals surface area contributed by atoms with Crippen LogP contribution in [0.3, 0.4) is 0 Å². The van der Waals surface area contributed by atoms with Gasteiger partial charge in [-0.3, -0.25) is 0 Å². The molecule has 16 heavy (non-hydrogen) atoms. The summed E-state index contributed by atoms with van der Waals surface area (Å²) in [6, 6.07) is 20.5. The summed E-state index contributed by atoms with van der Waals surface area (Å²) in [5.74, 6) is 0. The normalized spacial score (nSPS) is 13.8. The second-order valence-electron chi connectivity index (χ2n) is 3.76. The zero-order chi connectivity index (χ0) is 10.8. The topological polar surface area (TPSA) is 12.4 Å². The van der Waals surface area contributed by atoms with Gasteiger partial charge in [0.1, 0.15) is 0 Å². The van der Waals surface area contributed by atoms with E-state index < -0.39 is 0 Å². The quantitative estimate of drug-likeness (QED) is 0.711. The Balaban J connectivity index is 1.83. The fourth-order valence-electron chi connectivity index (χ4n) is 1.77. The first-order valence-electron chi connectivity index (χ1n) is 5.35. The summed E-state index contributed by atoms with van der Waals surface area (Å²) < 4.78 is 0. The minimum Gasteiger partial charge on any atom is -0.248 e. The van der Waals surface area contributed by atoms with Crippen molar-refractivity contribution in [3.05, 3.63) is 77.9 Å². The Kier molecular flexibility index (Phi) is 2.15. The van der Waals surface area contributed by atoms with E-state index in [9.17, 15) is 0 Å². The standard InChI is InChI=1S/C15H11N/c1-3-7-12(8-4-1)14-11-15(16-14)13-9-5-2-6-10-13/h1-11H. The van der Waals surface area contributed by atoms with E-state index in [0.717, 1.165) is 11.4 Å². The van der Waals surface area contributed by atoms with Crippen LogP contribution >= 0.6 is 0 Å². The van der Waals surface area contributed by atoms with E-state index >= 15 is 0 Å². The molecule has 0 bridgehead atoms. The first-order valence-corrected chi connectivity index (χ1v) is 5.35. The molecule has 1 heteroatoms. The van der Waals surface area contributed by atoms with Gasteiger partial charge in [0.15, 0.2) is 0 Å². The maximum absolute atomic E-state index is 4.54. The molecule has 0 unspecified atom stereocenters. The fourth-order valence-corrected chi connectivity index (χ4v) is 1.77. The molecule has 0 N–H and O–H groups in total. The Labute approximate surface area is 94.8 Å². The Morgan fingerprint density at radius 2 is 1.12 bits per heavy atom. The summed E-state index contributed by atoms with van der Waals surface area (Å²) in [7, 11) is 0. The van der Waals surface area contributed by atoms with Crippen molar-refractivity contribution in [1.29, 1.82) is 0 Å². The molecule has 2 aromatic rings. The lowest BCUT2D eigenvalue weighted by Gasteiger charge is -2.14. The maximum Gasteiger partial charge on any atom is 0.0731 e. The molecule has 0 fully saturated rings. The van der Waals surface area contributed by atoms with Crippen LogP contribution in [0.4, 0.5) is 0 Å². The van der Waals surface area contributed by atoms with Crippen molar-refractivity contribution in [3.8, 4) is 0 Å². The monoisotopic (exact) mass is 205 g/mol. The van der Waals surface area contributed by atoms with Crippen LogP contribution in [0.5, 0.6) is 0 Å². The van der Waals surface area contributed by atoms with E-state index in [1.807, 2.05) is 36.4 Å². The van der Waals surface area contributed by atoms with Crippen LogP contribution in [0.1, 0.15) is 11.1 Å². The lowest BCUT2D eigenvalue weighted by molar-refractivity contribution is 1.44. The van der Waals surface area contributed by atoms with Gasteiger partial charge in [-0.25, -0.2) is 4.99 Å². The average Bonchev–Trinajstić information content (AvgIpc) is 2.30. The molecule has 0 saturated carbocycles. The maximum atomic E-state index is 4.54. The van der Waals surface area contributed by atoms with Crippen molar-refractivity contribution in [3.63, 3.8) is 0 Å². The average molecular weight is 205 g/mol. The fraction of sp³-hybridized carbons (Fsp3) is 0. The molecule has 1 heterocycles. The predicted molar refractivity (Wildman–Crippen MR) is 67.4 cm³/mol. The highest BCUT2D eigenvalue weighted by Gasteiger charge is 2.12. The minimum atomic E-state index is 1.07. The number of nitrogens with zero attached hydrogens (tertiary/aromatic N) is 1. The highest BCUT2D eigenvalue weighted by Crippen LogP contribution is 2.25. The molecule has 0 spiro atoms. The molecule has 1 aliphatic heterocycles. The smallest absolute Gasteiger partial charge is 0.0731 e. The van der Waals surface area contributed by atoms with E-state index in [2.05, 4.69) is 35.3 Å². The zero-order valence-corrected chi connectivity index (χ0v) is 8.80. The molecule has 2 aromatic carbocycles. The van der Waals surface area contributed by atoms with Crippen LogP contribution in [0, 0.1) is 0 Å². The van der Waals surface area contributed by atoms with Gasteiger partial charge in [-0.2, -0.15) is 0 Å². The summed E-state index contributed by atoms with van der Waals surface area (Å²) in [5, 5.41) is 0. The first kappa shape index (κ1) is 9.10. The molecule has 0 atom stereocenters. The Morgan fingerprint density at radius 3 is 1.69 bits per heavy atom. The molecular weight excluding hydrogens is 194 g/mol. The van der Waals surface area contributed by atoms with Crippen molar-refractivity contribution < 1.29 is 0 Å². The number of hydrogen-bond acceptors (Lipinski definition) is 1. The highest BCUT2D eigenvalue weighted by molar-refractivity contribution is 6.19. The zero-order valence-electron chi connectivity index (χ0n) is 8.80. The van der Waals surface area contributed by atoms with Gasteiger partial charge in [-0.05, 0) is 6.08 Å². The lowest BCUT2D eigenvalue weighted by Crippen LogP contribution is -2.06. The van der Waals surface area contributed by atoms with Gasteiger partial charge in [0.05, 0.1) is 11.4 Å². The number of allylic oxidation sites excluding steroid dienone is 1. The third kappa shape index (κ3) is 1.57. The summed E-state index contributed by atoms with van der Waals surface area (Å²) >= 11 is 0. The van der Waals surface area contributed by atoms with Gasteiger partial charge in [-0.15, -0.1) is 0 Å². The summed E-state index contributed by atoms with van der Waals surface area (Å²) in [6.07, 6.45) is 2.13. The third-order valence-corrected chi connectivity index (χ3v) is 2.65. The van der Waals surface area contributed by atoms with Crippen LogP contribution < -0.4 is 0 Å². The van der Waals surface area contributed by atoms with E-state index in [1.54, 1.807) is 0 Å². The van der Waals surface area contributed by atoms with E-state index in [1.165, 1.54) is 11.1 Å². The van der Waals surface area contributed by atoms with Crippen molar-refractivity contribution in [2.24, 2.45) is 4.99 Å². The number of rotatable bonds is 2. The summed E-state index contributed by atoms with van der Waals surface area (Å²) in [5.41, 5.74) is 4.50. The van der Waals surface area contributed by atoms with Crippen LogP contribution in [-0.4, -0.2) is 5.71 Å². The van der Waals surface area contributed by atoms with Crippen LogP contribution in [-0.2, 0) is 0 Å². The minimum absolute atomic E-state index is 1.07. The van der Waals surface area contributed by atoms with Crippen molar-refractivity contribution in [1.82, 2.24) is 0 Å². The van der Waals surface area contributed by atoms with E-state index in [-0.39, 0.29) is 0 Å². The molecule has 76 valence electrons.